The summed E-state index contributed by atoms with van der Waals surface area (Å²) in [6, 6.07) is 4.18. The fourth-order valence-corrected chi connectivity index (χ4v) is 5.37. The van der Waals surface area contributed by atoms with E-state index in [4.69, 9.17) is 0 Å². The Morgan fingerprint density at radius 2 is 1.95 bits per heavy atom. The van der Waals surface area contributed by atoms with Crippen LogP contribution in [0.25, 0.3) is 0 Å². The van der Waals surface area contributed by atoms with Crippen LogP contribution >= 0.6 is 27.3 Å². The zero-order chi connectivity index (χ0) is 16.2. The highest BCUT2D eigenvalue weighted by Gasteiger charge is 2.29. The van der Waals surface area contributed by atoms with Gasteiger partial charge in [0.05, 0.1) is 3.79 Å². The van der Waals surface area contributed by atoms with E-state index in [0.29, 0.717) is 19.6 Å². The van der Waals surface area contributed by atoms with Crippen LogP contribution in [0.3, 0.4) is 0 Å². The quantitative estimate of drug-likeness (QED) is 0.694. The Kier molecular flexibility index (Phi) is 6.85. The molecule has 0 bridgehead atoms. The maximum absolute atomic E-state index is 12.5. The van der Waals surface area contributed by atoms with Crippen LogP contribution in [-0.2, 0) is 16.8 Å². The lowest BCUT2D eigenvalue weighted by atomic mass is 10.3. The third-order valence-corrected chi connectivity index (χ3v) is 7.48. The number of hydrogen-bond donors (Lipinski definition) is 0. The lowest BCUT2D eigenvalue weighted by molar-refractivity contribution is 0.177. The van der Waals surface area contributed by atoms with E-state index >= 15 is 0 Å². The first kappa shape index (κ1) is 18.4. The standard InChI is InChI=1S/C14H24BrN3O2S2/c1-3-4-7-16(2)22(19,20)18-10-8-17(9-11-18)12-13-5-6-14(15)21-13/h5-6H,3-4,7-12H2,1-2H3. The topological polar surface area (TPSA) is 43.9 Å². The van der Waals surface area contributed by atoms with Gasteiger partial charge in [0.2, 0.25) is 0 Å². The Morgan fingerprint density at radius 1 is 1.27 bits per heavy atom. The van der Waals surface area contributed by atoms with Gasteiger partial charge in [0.1, 0.15) is 0 Å². The first-order valence-electron chi connectivity index (χ1n) is 7.61. The van der Waals surface area contributed by atoms with Crippen molar-refractivity contribution in [2.45, 2.75) is 26.3 Å². The van der Waals surface area contributed by atoms with Crippen LogP contribution in [0.2, 0.25) is 0 Å². The molecule has 1 saturated heterocycles. The molecule has 0 atom stereocenters. The third-order valence-electron chi connectivity index (χ3n) is 3.89. The molecule has 0 spiro atoms. The van der Waals surface area contributed by atoms with Crippen molar-refractivity contribution in [2.75, 3.05) is 39.8 Å². The van der Waals surface area contributed by atoms with E-state index in [1.54, 1.807) is 22.7 Å². The second-order valence-corrected chi connectivity index (χ2v) is 10.1. The van der Waals surface area contributed by atoms with Gasteiger partial charge < -0.3 is 0 Å². The summed E-state index contributed by atoms with van der Waals surface area (Å²) in [7, 11) is -1.61. The number of rotatable bonds is 7. The van der Waals surface area contributed by atoms with E-state index in [-0.39, 0.29) is 0 Å². The molecule has 2 rings (SSSR count). The van der Waals surface area contributed by atoms with Crippen molar-refractivity contribution in [3.63, 3.8) is 0 Å². The highest BCUT2D eigenvalue weighted by Crippen LogP contribution is 2.24. The van der Waals surface area contributed by atoms with Crippen molar-refractivity contribution in [1.82, 2.24) is 13.5 Å². The van der Waals surface area contributed by atoms with Crippen molar-refractivity contribution >= 4 is 37.5 Å². The predicted molar refractivity (Wildman–Crippen MR) is 95.3 cm³/mol. The van der Waals surface area contributed by atoms with Crippen molar-refractivity contribution in [3.05, 3.63) is 20.8 Å². The molecule has 0 radical (unpaired) electrons. The van der Waals surface area contributed by atoms with Gasteiger partial charge in [0.15, 0.2) is 0 Å². The maximum atomic E-state index is 12.5. The average Bonchev–Trinajstić information content (AvgIpc) is 2.90. The lowest BCUT2D eigenvalue weighted by Gasteiger charge is -2.35. The number of thiophene rings is 1. The van der Waals surface area contributed by atoms with Crippen molar-refractivity contribution in [3.8, 4) is 0 Å². The first-order chi connectivity index (χ1) is 10.4. The summed E-state index contributed by atoms with van der Waals surface area (Å²) in [4.78, 5) is 3.62. The molecule has 126 valence electrons. The molecule has 0 amide bonds. The van der Waals surface area contributed by atoms with Gasteiger partial charge in [-0.15, -0.1) is 11.3 Å². The molecule has 0 N–H and O–H groups in total. The van der Waals surface area contributed by atoms with Crippen LogP contribution in [0, 0.1) is 0 Å². The Morgan fingerprint density at radius 3 is 2.50 bits per heavy atom. The van der Waals surface area contributed by atoms with Crippen LogP contribution in [-0.4, -0.2) is 61.7 Å². The van der Waals surface area contributed by atoms with Gasteiger partial charge in [0, 0.05) is 51.2 Å². The normalized spacial score (nSPS) is 18.2. The largest absolute Gasteiger partial charge is 0.296 e. The average molecular weight is 410 g/mol. The van der Waals surface area contributed by atoms with E-state index in [1.165, 1.54) is 9.18 Å². The maximum Gasteiger partial charge on any atom is 0.281 e. The van der Waals surface area contributed by atoms with Gasteiger partial charge in [-0.05, 0) is 34.5 Å². The summed E-state index contributed by atoms with van der Waals surface area (Å²) >= 11 is 5.21. The van der Waals surface area contributed by atoms with Crippen molar-refractivity contribution in [1.29, 1.82) is 0 Å². The smallest absolute Gasteiger partial charge is 0.281 e. The second-order valence-electron chi connectivity index (χ2n) is 5.56. The van der Waals surface area contributed by atoms with Crippen LogP contribution < -0.4 is 0 Å². The van der Waals surface area contributed by atoms with Gasteiger partial charge in [-0.3, -0.25) is 4.90 Å². The molecule has 0 saturated carbocycles. The van der Waals surface area contributed by atoms with Gasteiger partial charge in [-0.1, -0.05) is 13.3 Å². The molecule has 2 heterocycles. The summed E-state index contributed by atoms with van der Waals surface area (Å²) in [5, 5.41) is 0. The van der Waals surface area contributed by atoms with E-state index in [2.05, 4.69) is 39.9 Å². The highest BCUT2D eigenvalue weighted by atomic mass is 79.9. The molecule has 0 aromatic carbocycles. The van der Waals surface area contributed by atoms with E-state index < -0.39 is 10.2 Å². The summed E-state index contributed by atoms with van der Waals surface area (Å²) in [6.45, 7) is 6.30. The van der Waals surface area contributed by atoms with Crippen molar-refractivity contribution < 1.29 is 8.42 Å². The molecule has 22 heavy (non-hydrogen) atoms. The van der Waals surface area contributed by atoms with E-state index in [0.717, 1.165) is 36.3 Å². The molecule has 0 aliphatic carbocycles. The Hall–Kier alpha value is 0.01000. The Labute approximate surface area is 146 Å². The number of nitrogens with zero attached hydrogens (tertiary/aromatic N) is 3. The summed E-state index contributed by atoms with van der Waals surface area (Å²) in [6.07, 6.45) is 1.91. The fraction of sp³-hybridized carbons (Fsp3) is 0.714. The fourth-order valence-electron chi connectivity index (χ4n) is 2.47. The lowest BCUT2D eigenvalue weighted by Crippen LogP contribution is -2.52. The van der Waals surface area contributed by atoms with Crippen molar-refractivity contribution in [2.24, 2.45) is 0 Å². The second kappa shape index (κ2) is 8.21. The molecular formula is C14H24BrN3O2S2. The monoisotopic (exact) mass is 409 g/mol. The first-order valence-corrected chi connectivity index (χ1v) is 10.6. The molecule has 5 nitrogen and oxygen atoms in total. The van der Waals surface area contributed by atoms with Gasteiger partial charge in [-0.25, -0.2) is 0 Å². The Balaban J connectivity index is 1.85. The van der Waals surface area contributed by atoms with E-state index in [1.807, 2.05) is 0 Å². The number of piperazine rings is 1. The molecule has 1 aromatic rings. The predicted octanol–water partition coefficient (Wildman–Crippen LogP) is 2.60. The van der Waals surface area contributed by atoms with Crippen LogP contribution in [0.5, 0.6) is 0 Å². The number of unbranched alkanes of at least 4 members (excludes halogenated alkanes) is 1. The minimum Gasteiger partial charge on any atom is -0.296 e. The highest BCUT2D eigenvalue weighted by molar-refractivity contribution is 9.11. The molecular weight excluding hydrogens is 386 g/mol. The number of hydrogen-bond acceptors (Lipinski definition) is 4. The van der Waals surface area contributed by atoms with Crippen LogP contribution in [0.15, 0.2) is 15.9 Å². The molecule has 1 fully saturated rings. The van der Waals surface area contributed by atoms with Crippen LogP contribution in [0.4, 0.5) is 0 Å². The zero-order valence-corrected chi connectivity index (χ0v) is 16.4. The summed E-state index contributed by atoms with van der Waals surface area (Å²) < 4.78 is 29.2. The third kappa shape index (κ3) is 4.75. The van der Waals surface area contributed by atoms with E-state index in [9.17, 15) is 8.42 Å². The SMILES string of the molecule is CCCCN(C)S(=O)(=O)N1CCN(Cc2ccc(Br)s2)CC1. The minimum absolute atomic E-state index is 0.575. The molecule has 1 aromatic heterocycles. The molecule has 0 unspecified atom stereocenters. The van der Waals surface area contributed by atoms with Gasteiger partial charge in [-0.2, -0.15) is 17.0 Å². The summed E-state index contributed by atoms with van der Waals surface area (Å²) in [5.41, 5.74) is 0. The minimum atomic E-state index is -3.29. The van der Waals surface area contributed by atoms with Crippen LogP contribution in [0.1, 0.15) is 24.6 Å². The zero-order valence-electron chi connectivity index (χ0n) is 13.2. The Bertz CT molecular complexity index is 568. The number of halogens is 1. The molecule has 1 aliphatic rings. The van der Waals surface area contributed by atoms with Gasteiger partial charge >= 0.3 is 0 Å². The summed E-state index contributed by atoms with van der Waals surface area (Å²) in [5.74, 6) is 0. The molecule has 1 aliphatic heterocycles. The molecule has 8 heteroatoms. The van der Waals surface area contributed by atoms with Gasteiger partial charge in [0.25, 0.3) is 10.2 Å².